The molecule has 2 N–H and O–H groups in total. The van der Waals surface area contributed by atoms with E-state index in [-0.39, 0.29) is 11.9 Å². The summed E-state index contributed by atoms with van der Waals surface area (Å²) >= 11 is 1.47. The first-order valence-electron chi connectivity index (χ1n) is 7.90. The molecular weight excluding hydrogens is 306 g/mol. The Morgan fingerprint density at radius 3 is 2.96 bits per heavy atom. The van der Waals surface area contributed by atoms with Crippen LogP contribution in [-0.2, 0) is 0 Å². The molecule has 5 heteroatoms. The van der Waals surface area contributed by atoms with Gasteiger partial charge in [0, 0.05) is 23.0 Å². The first kappa shape index (κ1) is 14.4. The van der Waals surface area contributed by atoms with Crippen LogP contribution in [0, 0.1) is 11.3 Å². The maximum Gasteiger partial charge on any atom is 0.261 e. The van der Waals surface area contributed by atoms with Gasteiger partial charge in [-0.25, -0.2) is 0 Å². The molecule has 0 unspecified atom stereocenters. The molecule has 23 heavy (non-hydrogen) atoms. The smallest absolute Gasteiger partial charge is 0.261 e. The quantitative estimate of drug-likeness (QED) is 0.913. The number of carbonyl (C=O) groups excluding carboxylic acids is 1. The highest BCUT2D eigenvalue weighted by Gasteiger charge is 2.39. The second kappa shape index (κ2) is 5.80. The molecule has 2 fully saturated rings. The number of amides is 1. The average molecular weight is 323 g/mol. The fourth-order valence-corrected chi connectivity index (χ4v) is 4.49. The van der Waals surface area contributed by atoms with Crippen LogP contribution < -0.4 is 10.6 Å². The third-order valence-electron chi connectivity index (χ3n) is 4.72. The first-order chi connectivity index (χ1) is 11.2. The largest absolute Gasteiger partial charge is 0.347 e. The number of nitrogens with zero attached hydrogens (tertiary/aromatic N) is 1. The van der Waals surface area contributed by atoms with Gasteiger partial charge in [0.05, 0.1) is 16.5 Å². The summed E-state index contributed by atoms with van der Waals surface area (Å²) in [6.45, 7) is 0. The number of rotatable bonds is 3. The van der Waals surface area contributed by atoms with Crippen molar-refractivity contribution in [2.24, 2.45) is 0 Å². The summed E-state index contributed by atoms with van der Waals surface area (Å²) in [7, 11) is 0. The van der Waals surface area contributed by atoms with Gasteiger partial charge in [-0.2, -0.15) is 5.26 Å². The Hall–Kier alpha value is -2.16. The molecule has 1 aromatic carbocycles. The zero-order chi connectivity index (χ0) is 15.8. The lowest BCUT2D eigenvalue weighted by Gasteiger charge is -2.20. The van der Waals surface area contributed by atoms with Crippen molar-refractivity contribution in [1.29, 1.82) is 5.26 Å². The van der Waals surface area contributed by atoms with Gasteiger partial charge < -0.3 is 10.6 Å². The normalized spacial score (nSPS) is 25.3. The summed E-state index contributed by atoms with van der Waals surface area (Å²) in [5, 5.41) is 15.7. The Bertz CT molecular complexity index is 792. The van der Waals surface area contributed by atoms with Crippen LogP contribution in [0.1, 0.15) is 34.5 Å². The molecule has 0 radical (unpaired) electrons. The molecule has 0 aliphatic carbocycles. The fraction of sp³-hybridized carbons (Fsp3) is 0.333. The van der Waals surface area contributed by atoms with Crippen molar-refractivity contribution in [1.82, 2.24) is 10.6 Å². The summed E-state index contributed by atoms with van der Waals surface area (Å²) in [6, 6.07) is 14.7. The van der Waals surface area contributed by atoms with E-state index < -0.39 is 0 Å². The summed E-state index contributed by atoms with van der Waals surface area (Å²) in [5.74, 6) is 0.0111. The van der Waals surface area contributed by atoms with E-state index in [1.807, 2.05) is 30.3 Å². The molecule has 1 amide bonds. The molecule has 3 atom stereocenters. The number of hydrogen-bond acceptors (Lipinski definition) is 4. The minimum Gasteiger partial charge on any atom is -0.347 e. The number of thiophene rings is 1. The summed E-state index contributed by atoms with van der Waals surface area (Å²) in [5.41, 5.74) is 1.62. The fourth-order valence-electron chi connectivity index (χ4n) is 3.58. The molecule has 116 valence electrons. The average Bonchev–Trinajstić information content (AvgIpc) is 3.31. The molecule has 2 bridgehead atoms. The van der Waals surface area contributed by atoms with Gasteiger partial charge in [-0.05, 0) is 49.1 Å². The van der Waals surface area contributed by atoms with E-state index in [4.69, 9.17) is 5.26 Å². The van der Waals surface area contributed by atoms with Crippen molar-refractivity contribution >= 4 is 17.2 Å². The highest BCUT2D eigenvalue weighted by atomic mass is 32.1. The van der Waals surface area contributed by atoms with E-state index in [9.17, 15) is 4.79 Å². The van der Waals surface area contributed by atoms with Crippen molar-refractivity contribution in [3.63, 3.8) is 0 Å². The van der Waals surface area contributed by atoms with Crippen molar-refractivity contribution in [3.8, 4) is 16.5 Å². The molecule has 2 aliphatic heterocycles. The van der Waals surface area contributed by atoms with E-state index in [0.717, 1.165) is 28.2 Å². The molecule has 0 saturated carbocycles. The highest BCUT2D eigenvalue weighted by Crippen LogP contribution is 2.31. The molecule has 4 nitrogen and oxygen atoms in total. The second-order valence-corrected chi connectivity index (χ2v) is 7.30. The summed E-state index contributed by atoms with van der Waals surface area (Å²) < 4.78 is 0. The van der Waals surface area contributed by atoms with Gasteiger partial charge in [-0.15, -0.1) is 11.3 Å². The van der Waals surface area contributed by atoms with E-state index in [0.29, 0.717) is 17.6 Å². The van der Waals surface area contributed by atoms with Crippen LogP contribution in [0.25, 0.3) is 10.4 Å². The minimum atomic E-state index is 0.0111. The van der Waals surface area contributed by atoms with Gasteiger partial charge >= 0.3 is 0 Å². The lowest BCUT2D eigenvalue weighted by atomic mass is 9.95. The monoisotopic (exact) mass is 323 g/mol. The lowest BCUT2D eigenvalue weighted by molar-refractivity contribution is 0.0935. The van der Waals surface area contributed by atoms with Gasteiger partial charge in [0.1, 0.15) is 0 Å². The van der Waals surface area contributed by atoms with Crippen LogP contribution >= 0.6 is 11.3 Å². The predicted molar refractivity (Wildman–Crippen MR) is 90.3 cm³/mol. The Morgan fingerprint density at radius 1 is 1.30 bits per heavy atom. The van der Waals surface area contributed by atoms with Gasteiger partial charge in [0.2, 0.25) is 0 Å². The van der Waals surface area contributed by atoms with Gasteiger partial charge in [0.25, 0.3) is 5.91 Å². The molecule has 2 aliphatic rings. The van der Waals surface area contributed by atoms with Crippen LogP contribution in [0.3, 0.4) is 0 Å². The number of fused-ring (bicyclic) bond motifs is 2. The van der Waals surface area contributed by atoms with Crippen LogP contribution in [0.2, 0.25) is 0 Å². The van der Waals surface area contributed by atoms with E-state index in [1.165, 1.54) is 17.8 Å². The maximum absolute atomic E-state index is 12.5. The third kappa shape index (κ3) is 2.76. The zero-order valence-electron chi connectivity index (χ0n) is 12.6. The SMILES string of the molecule is N#Cc1cccc(-c2ccc(C(=O)N[C@@H]3C[C@H]4CC[C@@H]3N4)s2)c1. The van der Waals surface area contributed by atoms with Crippen LogP contribution in [0.15, 0.2) is 36.4 Å². The van der Waals surface area contributed by atoms with Gasteiger partial charge in [-0.3, -0.25) is 4.79 Å². The van der Waals surface area contributed by atoms with Crippen molar-refractivity contribution in [2.75, 3.05) is 0 Å². The second-order valence-electron chi connectivity index (χ2n) is 6.22. The first-order valence-corrected chi connectivity index (χ1v) is 8.72. The minimum absolute atomic E-state index is 0.0111. The lowest BCUT2D eigenvalue weighted by Crippen LogP contribution is -2.42. The van der Waals surface area contributed by atoms with Crippen LogP contribution in [-0.4, -0.2) is 24.0 Å². The summed E-state index contributed by atoms with van der Waals surface area (Å²) in [6.07, 6.45) is 3.43. The van der Waals surface area contributed by atoms with Crippen molar-refractivity contribution < 1.29 is 4.79 Å². The molecule has 1 aromatic heterocycles. The topological polar surface area (TPSA) is 64.9 Å². The highest BCUT2D eigenvalue weighted by molar-refractivity contribution is 7.17. The van der Waals surface area contributed by atoms with E-state index in [1.54, 1.807) is 6.07 Å². The Labute approximate surface area is 139 Å². The Balaban J connectivity index is 1.49. The molecule has 2 saturated heterocycles. The molecule has 4 rings (SSSR count). The predicted octanol–water partition coefficient (Wildman–Crippen LogP) is 2.91. The number of nitrogens with one attached hydrogen (secondary N) is 2. The Morgan fingerprint density at radius 2 is 2.22 bits per heavy atom. The van der Waals surface area contributed by atoms with Crippen LogP contribution in [0.5, 0.6) is 0 Å². The van der Waals surface area contributed by atoms with E-state index >= 15 is 0 Å². The molecule has 2 aromatic rings. The molecular formula is C18H17N3OS. The zero-order valence-corrected chi connectivity index (χ0v) is 13.4. The van der Waals surface area contributed by atoms with Crippen molar-refractivity contribution in [2.45, 2.75) is 37.4 Å². The van der Waals surface area contributed by atoms with Gasteiger partial charge in [0.15, 0.2) is 0 Å². The number of carbonyl (C=O) groups is 1. The number of hydrogen-bond donors (Lipinski definition) is 2. The molecule has 0 spiro atoms. The summed E-state index contributed by atoms with van der Waals surface area (Å²) in [4.78, 5) is 14.2. The Kier molecular flexibility index (Phi) is 3.64. The van der Waals surface area contributed by atoms with E-state index in [2.05, 4.69) is 16.7 Å². The maximum atomic E-state index is 12.5. The third-order valence-corrected chi connectivity index (χ3v) is 5.86. The van der Waals surface area contributed by atoms with Gasteiger partial charge in [-0.1, -0.05) is 12.1 Å². The van der Waals surface area contributed by atoms with Crippen molar-refractivity contribution in [3.05, 3.63) is 46.8 Å². The number of benzene rings is 1. The number of nitriles is 1. The molecule has 3 heterocycles. The van der Waals surface area contributed by atoms with Crippen LogP contribution in [0.4, 0.5) is 0 Å². The standard InChI is InChI=1S/C18H17N3OS/c19-10-11-2-1-3-12(8-11)16-6-7-17(23-16)18(22)21-15-9-13-4-5-14(15)20-13/h1-3,6-8,13-15,20H,4-5,9H2,(H,21,22)/t13-,14+,15-/m1/s1.